The van der Waals surface area contributed by atoms with Gasteiger partial charge < -0.3 is 5.32 Å². The SMILES string of the molecule is CC(=O)c1sc(NC(=O)c2cccc(Nc3cc(-c4ccccc4)nc(C)n3)c2)nc1C. The maximum atomic E-state index is 12.7. The lowest BCUT2D eigenvalue weighted by Crippen LogP contribution is -2.12. The number of Topliss-reactive ketones (excluding diaryl/α,β-unsaturated/α-hetero) is 1. The number of aromatic nitrogens is 3. The zero-order chi connectivity index (χ0) is 22.7. The summed E-state index contributed by atoms with van der Waals surface area (Å²) in [6.45, 7) is 5.08. The molecule has 0 aliphatic carbocycles. The van der Waals surface area contributed by atoms with Gasteiger partial charge in [-0.3, -0.25) is 14.9 Å². The van der Waals surface area contributed by atoms with Gasteiger partial charge in [0, 0.05) is 29.8 Å². The zero-order valence-electron chi connectivity index (χ0n) is 17.8. The molecule has 0 radical (unpaired) electrons. The van der Waals surface area contributed by atoms with Crippen LogP contribution >= 0.6 is 11.3 Å². The quantitative estimate of drug-likeness (QED) is 0.387. The number of thiazole rings is 1. The summed E-state index contributed by atoms with van der Waals surface area (Å²) in [5.74, 6) is 0.904. The monoisotopic (exact) mass is 443 g/mol. The molecule has 0 aliphatic rings. The molecule has 160 valence electrons. The minimum atomic E-state index is -0.304. The van der Waals surface area contributed by atoms with Gasteiger partial charge in [-0.15, -0.1) is 0 Å². The van der Waals surface area contributed by atoms with Crippen molar-refractivity contribution < 1.29 is 9.59 Å². The van der Waals surface area contributed by atoms with Gasteiger partial charge in [0.1, 0.15) is 11.6 Å². The molecule has 7 nitrogen and oxygen atoms in total. The summed E-state index contributed by atoms with van der Waals surface area (Å²) in [5, 5.41) is 6.42. The molecule has 0 fully saturated rings. The third-order valence-corrected chi connectivity index (χ3v) is 5.82. The Labute approximate surface area is 189 Å². The first kappa shape index (κ1) is 21.3. The Hall–Kier alpha value is -3.91. The molecule has 4 aromatic rings. The number of nitrogens with one attached hydrogen (secondary N) is 2. The Morgan fingerprint density at radius 2 is 1.69 bits per heavy atom. The highest BCUT2D eigenvalue weighted by Crippen LogP contribution is 2.25. The average molecular weight is 444 g/mol. The predicted octanol–water partition coefficient (Wildman–Crippen LogP) is 5.42. The Bertz CT molecular complexity index is 1300. The van der Waals surface area contributed by atoms with E-state index in [9.17, 15) is 9.59 Å². The number of hydrogen-bond acceptors (Lipinski definition) is 7. The van der Waals surface area contributed by atoms with E-state index in [1.54, 1.807) is 25.1 Å². The third-order valence-electron chi connectivity index (χ3n) is 4.64. The van der Waals surface area contributed by atoms with Crippen LogP contribution in [0.4, 0.5) is 16.6 Å². The number of aryl methyl sites for hydroxylation is 2. The lowest BCUT2D eigenvalue weighted by Gasteiger charge is -2.10. The van der Waals surface area contributed by atoms with Gasteiger partial charge >= 0.3 is 0 Å². The van der Waals surface area contributed by atoms with Gasteiger partial charge in [0.15, 0.2) is 10.9 Å². The lowest BCUT2D eigenvalue weighted by molar-refractivity contribution is 0.101. The third kappa shape index (κ3) is 4.87. The van der Waals surface area contributed by atoms with Gasteiger partial charge in [-0.25, -0.2) is 15.0 Å². The number of anilines is 3. The molecule has 2 heterocycles. The van der Waals surface area contributed by atoms with E-state index < -0.39 is 0 Å². The van der Waals surface area contributed by atoms with Crippen LogP contribution in [0.3, 0.4) is 0 Å². The Balaban J connectivity index is 1.53. The number of ketones is 1. The first-order chi connectivity index (χ1) is 15.4. The fourth-order valence-electron chi connectivity index (χ4n) is 3.22. The second kappa shape index (κ2) is 9.07. The van der Waals surface area contributed by atoms with Crippen LogP contribution in [0.15, 0.2) is 60.7 Å². The molecule has 0 atom stereocenters. The van der Waals surface area contributed by atoms with E-state index in [0.29, 0.717) is 32.9 Å². The molecule has 8 heteroatoms. The van der Waals surface area contributed by atoms with E-state index in [4.69, 9.17) is 0 Å². The van der Waals surface area contributed by atoms with Crippen molar-refractivity contribution in [3.63, 3.8) is 0 Å². The molecular formula is C24H21N5O2S. The molecule has 0 spiro atoms. The van der Waals surface area contributed by atoms with E-state index in [0.717, 1.165) is 16.9 Å². The fraction of sp³-hybridized carbons (Fsp3) is 0.125. The molecular weight excluding hydrogens is 422 g/mol. The van der Waals surface area contributed by atoms with E-state index >= 15 is 0 Å². The minimum Gasteiger partial charge on any atom is -0.340 e. The van der Waals surface area contributed by atoms with Crippen molar-refractivity contribution in [2.75, 3.05) is 10.6 Å². The first-order valence-electron chi connectivity index (χ1n) is 9.97. The summed E-state index contributed by atoms with van der Waals surface area (Å²) in [7, 11) is 0. The number of carbonyl (C=O) groups excluding carboxylic acids is 2. The fourth-order valence-corrected chi connectivity index (χ4v) is 4.08. The number of rotatable bonds is 6. The van der Waals surface area contributed by atoms with Gasteiger partial charge in [0.25, 0.3) is 5.91 Å². The standard InChI is InChI=1S/C24H21N5O2S/c1-14-22(15(2)30)32-24(25-14)29-23(31)18-10-7-11-19(12-18)28-21-13-20(26-16(3)27-21)17-8-5-4-6-9-17/h4-13H,1-3H3,(H,25,29,31)(H,26,27,28). The zero-order valence-corrected chi connectivity index (χ0v) is 18.7. The van der Waals surface area contributed by atoms with Crippen molar-refractivity contribution >= 4 is 39.7 Å². The second-order valence-electron chi connectivity index (χ2n) is 7.20. The van der Waals surface area contributed by atoms with Gasteiger partial charge in [-0.1, -0.05) is 47.7 Å². The van der Waals surface area contributed by atoms with Gasteiger partial charge in [-0.05, 0) is 32.0 Å². The summed E-state index contributed by atoms with van der Waals surface area (Å²) in [5.41, 5.74) is 3.60. The van der Waals surface area contributed by atoms with Crippen LogP contribution in [-0.4, -0.2) is 26.6 Å². The summed E-state index contributed by atoms with van der Waals surface area (Å²) < 4.78 is 0. The molecule has 32 heavy (non-hydrogen) atoms. The molecule has 2 aromatic heterocycles. The van der Waals surface area contributed by atoms with Gasteiger partial charge in [0.2, 0.25) is 0 Å². The number of hydrogen-bond donors (Lipinski definition) is 2. The summed E-state index contributed by atoms with van der Waals surface area (Å²) in [6, 6.07) is 18.8. The summed E-state index contributed by atoms with van der Waals surface area (Å²) in [6.07, 6.45) is 0. The molecule has 0 bridgehead atoms. The Morgan fingerprint density at radius 1 is 0.906 bits per heavy atom. The van der Waals surface area contributed by atoms with Crippen LogP contribution in [0.2, 0.25) is 0 Å². The van der Waals surface area contributed by atoms with Gasteiger partial charge in [0.05, 0.1) is 16.3 Å². The maximum Gasteiger partial charge on any atom is 0.257 e. The van der Waals surface area contributed by atoms with Crippen LogP contribution in [0.1, 0.15) is 38.5 Å². The van der Waals surface area contributed by atoms with E-state index in [1.165, 1.54) is 18.3 Å². The number of benzene rings is 2. The second-order valence-corrected chi connectivity index (χ2v) is 8.20. The van der Waals surface area contributed by atoms with Crippen molar-refractivity contribution in [3.8, 4) is 11.3 Å². The van der Waals surface area contributed by atoms with Crippen molar-refractivity contribution in [1.29, 1.82) is 0 Å². The number of nitrogens with zero attached hydrogens (tertiary/aromatic N) is 3. The first-order valence-corrected chi connectivity index (χ1v) is 10.8. The molecule has 1 amide bonds. The molecule has 2 N–H and O–H groups in total. The molecule has 0 saturated heterocycles. The number of amides is 1. The number of carbonyl (C=O) groups is 2. The van der Waals surface area contributed by atoms with Crippen LogP contribution < -0.4 is 10.6 Å². The molecule has 0 saturated carbocycles. The van der Waals surface area contributed by atoms with Crippen molar-refractivity contribution in [3.05, 3.63) is 82.6 Å². The van der Waals surface area contributed by atoms with E-state index in [1.807, 2.05) is 49.4 Å². The van der Waals surface area contributed by atoms with Crippen LogP contribution in [0.5, 0.6) is 0 Å². The predicted molar refractivity (Wildman–Crippen MR) is 127 cm³/mol. The summed E-state index contributed by atoms with van der Waals surface area (Å²) in [4.78, 5) is 38.1. The molecule has 0 unspecified atom stereocenters. The van der Waals surface area contributed by atoms with Crippen LogP contribution in [0, 0.1) is 13.8 Å². The van der Waals surface area contributed by atoms with Crippen molar-refractivity contribution in [2.45, 2.75) is 20.8 Å². The highest BCUT2D eigenvalue weighted by Gasteiger charge is 2.15. The van der Waals surface area contributed by atoms with Crippen LogP contribution in [-0.2, 0) is 0 Å². The largest absolute Gasteiger partial charge is 0.340 e. The lowest BCUT2D eigenvalue weighted by atomic mass is 10.1. The molecule has 4 rings (SSSR count). The normalized spacial score (nSPS) is 10.6. The van der Waals surface area contributed by atoms with Crippen molar-refractivity contribution in [1.82, 2.24) is 15.0 Å². The van der Waals surface area contributed by atoms with Gasteiger partial charge in [-0.2, -0.15) is 0 Å². The van der Waals surface area contributed by atoms with E-state index in [-0.39, 0.29) is 11.7 Å². The molecule has 0 aliphatic heterocycles. The molecule has 2 aromatic carbocycles. The maximum absolute atomic E-state index is 12.7. The topological polar surface area (TPSA) is 96.9 Å². The Morgan fingerprint density at radius 3 is 2.41 bits per heavy atom. The van der Waals surface area contributed by atoms with Crippen molar-refractivity contribution in [2.24, 2.45) is 0 Å². The minimum absolute atomic E-state index is 0.0679. The highest BCUT2D eigenvalue weighted by atomic mass is 32.1. The van der Waals surface area contributed by atoms with E-state index in [2.05, 4.69) is 25.6 Å². The Kier molecular flexibility index (Phi) is 6.04. The smallest absolute Gasteiger partial charge is 0.257 e. The highest BCUT2D eigenvalue weighted by molar-refractivity contribution is 7.17. The summed E-state index contributed by atoms with van der Waals surface area (Å²) >= 11 is 1.17. The van der Waals surface area contributed by atoms with Crippen LogP contribution in [0.25, 0.3) is 11.3 Å². The average Bonchev–Trinajstić information content (AvgIpc) is 3.14.